The van der Waals surface area contributed by atoms with Crippen molar-refractivity contribution >= 4 is 11.4 Å². The zero-order chi connectivity index (χ0) is 13.8. The number of hydrogen-bond acceptors (Lipinski definition) is 2. The Kier molecular flexibility index (Phi) is 3.81. The highest BCUT2D eigenvalue weighted by molar-refractivity contribution is 6.11. The predicted octanol–water partition coefficient (Wildman–Crippen LogP) is 3.96. The van der Waals surface area contributed by atoms with Gasteiger partial charge in [-0.25, -0.2) is 0 Å². The Morgan fingerprint density at radius 3 is 2.37 bits per heavy atom. The van der Waals surface area contributed by atoms with Crippen LogP contribution in [0.2, 0.25) is 0 Å². The predicted molar refractivity (Wildman–Crippen MR) is 77.6 cm³/mol. The van der Waals surface area contributed by atoms with E-state index in [1.165, 1.54) is 0 Å². The number of allylic oxidation sites excluding steroid dienone is 1. The van der Waals surface area contributed by atoms with E-state index in [4.69, 9.17) is 4.74 Å². The molecule has 0 amide bonds. The lowest BCUT2D eigenvalue weighted by Crippen LogP contribution is -2.04. The molecule has 2 nitrogen and oxygen atoms in total. The molecule has 2 aromatic carbocycles. The van der Waals surface area contributed by atoms with Crippen LogP contribution in [0.3, 0.4) is 0 Å². The number of rotatable bonds is 4. The molecule has 0 saturated heterocycles. The molecule has 96 valence electrons. The lowest BCUT2D eigenvalue weighted by atomic mass is 9.95. The summed E-state index contributed by atoms with van der Waals surface area (Å²) in [6.45, 7) is 5.82. The zero-order valence-corrected chi connectivity index (χ0v) is 11.1. The molecule has 0 aliphatic rings. The van der Waals surface area contributed by atoms with Crippen LogP contribution in [0.15, 0.2) is 55.1 Å². The number of ether oxygens (including phenoxy) is 1. The van der Waals surface area contributed by atoms with Crippen LogP contribution in [0.1, 0.15) is 28.4 Å². The Balaban J connectivity index is 2.47. The number of benzene rings is 2. The van der Waals surface area contributed by atoms with E-state index in [-0.39, 0.29) is 5.78 Å². The van der Waals surface area contributed by atoms with Gasteiger partial charge in [-0.2, -0.15) is 0 Å². The molecule has 2 heteroatoms. The minimum Gasteiger partial charge on any atom is -0.497 e. The monoisotopic (exact) mass is 252 g/mol. The second kappa shape index (κ2) is 5.53. The molecular formula is C17H16O2. The third-order valence-electron chi connectivity index (χ3n) is 2.96. The molecular weight excluding hydrogens is 236 g/mol. The Hall–Kier alpha value is -2.35. The number of hydrogen-bond donors (Lipinski definition) is 0. The summed E-state index contributed by atoms with van der Waals surface area (Å²) < 4.78 is 5.15. The average Bonchev–Trinajstić information content (AvgIpc) is 2.46. The highest BCUT2D eigenvalue weighted by atomic mass is 16.5. The molecule has 0 spiro atoms. The molecule has 0 aromatic heterocycles. The van der Waals surface area contributed by atoms with Crippen molar-refractivity contribution in [3.8, 4) is 5.75 Å². The van der Waals surface area contributed by atoms with Crippen molar-refractivity contribution in [1.29, 1.82) is 0 Å². The quantitative estimate of drug-likeness (QED) is 0.770. The Morgan fingerprint density at radius 1 is 1.05 bits per heavy atom. The van der Waals surface area contributed by atoms with Gasteiger partial charge in [0.15, 0.2) is 5.78 Å². The summed E-state index contributed by atoms with van der Waals surface area (Å²) in [5, 5.41) is 0. The smallest absolute Gasteiger partial charge is 0.193 e. The van der Waals surface area contributed by atoms with Crippen LogP contribution in [0.5, 0.6) is 5.75 Å². The Bertz CT molecular complexity index is 627. The summed E-state index contributed by atoms with van der Waals surface area (Å²) in [5.41, 5.74) is 3.05. The van der Waals surface area contributed by atoms with Gasteiger partial charge in [-0.05, 0) is 24.6 Å². The maximum Gasteiger partial charge on any atom is 0.193 e. The average molecular weight is 252 g/mol. The van der Waals surface area contributed by atoms with Gasteiger partial charge in [0.1, 0.15) is 5.75 Å². The van der Waals surface area contributed by atoms with E-state index in [9.17, 15) is 4.79 Å². The van der Waals surface area contributed by atoms with Crippen molar-refractivity contribution < 1.29 is 9.53 Å². The molecule has 0 N–H and O–H groups in total. The van der Waals surface area contributed by atoms with E-state index in [0.29, 0.717) is 16.9 Å². The fourth-order valence-corrected chi connectivity index (χ4v) is 1.97. The minimum atomic E-state index is -0.0162. The molecule has 0 heterocycles. The molecule has 0 fully saturated rings. The first-order valence-electron chi connectivity index (χ1n) is 6.07. The van der Waals surface area contributed by atoms with Crippen molar-refractivity contribution in [3.05, 3.63) is 71.8 Å². The van der Waals surface area contributed by atoms with Crippen LogP contribution in [0, 0.1) is 0 Å². The first kappa shape index (κ1) is 13.1. The van der Waals surface area contributed by atoms with Crippen molar-refractivity contribution in [2.24, 2.45) is 0 Å². The number of carbonyl (C=O) groups is 1. The molecule has 0 bridgehead atoms. The summed E-state index contributed by atoms with van der Waals surface area (Å²) in [5.74, 6) is 0.663. The lowest BCUT2D eigenvalue weighted by molar-refractivity contribution is 0.103. The number of carbonyl (C=O) groups excluding carboxylic acids is 1. The second-order valence-corrected chi connectivity index (χ2v) is 4.39. The maximum atomic E-state index is 12.5. The molecule has 2 rings (SSSR count). The Labute approximate surface area is 113 Å². The van der Waals surface area contributed by atoms with Gasteiger partial charge >= 0.3 is 0 Å². The van der Waals surface area contributed by atoms with Gasteiger partial charge in [-0.1, -0.05) is 48.6 Å². The summed E-state index contributed by atoms with van der Waals surface area (Å²) in [6, 6.07) is 14.7. The minimum absolute atomic E-state index is 0.0162. The fraction of sp³-hybridized carbons (Fsp3) is 0.118. The number of methoxy groups -OCH3 is 1. The van der Waals surface area contributed by atoms with Gasteiger partial charge in [0.2, 0.25) is 0 Å². The fourth-order valence-electron chi connectivity index (χ4n) is 1.97. The summed E-state index contributed by atoms with van der Waals surface area (Å²) in [4.78, 5) is 12.5. The van der Waals surface area contributed by atoms with Crippen molar-refractivity contribution in [2.75, 3.05) is 7.11 Å². The Morgan fingerprint density at radius 2 is 1.74 bits per heavy atom. The molecule has 0 atom stereocenters. The van der Waals surface area contributed by atoms with E-state index in [1.807, 2.05) is 43.3 Å². The van der Waals surface area contributed by atoms with E-state index >= 15 is 0 Å². The van der Waals surface area contributed by atoms with Crippen LogP contribution in [0.4, 0.5) is 0 Å². The van der Waals surface area contributed by atoms with Crippen LogP contribution in [-0.4, -0.2) is 12.9 Å². The van der Waals surface area contributed by atoms with E-state index in [2.05, 4.69) is 6.58 Å². The highest BCUT2D eigenvalue weighted by Crippen LogP contribution is 2.22. The van der Waals surface area contributed by atoms with E-state index < -0.39 is 0 Å². The highest BCUT2D eigenvalue weighted by Gasteiger charge is 2.13. The molecule has 19 heavy (non-hydrogen) atoms. The topological polar surface area (TPSA) is 26.3 Å². The molecule has 2 aromatic rings. The van der Waals surface area contributed by atoms with Crippen LogP contribution in [0.25, 0.3) is 5.57 Å². The first-order chi connectivity index (χ1) is 9.13. The van der Waals surface area contributed by atoms with Crippen LogP contribution < -0.4 is 4.74 Å². The van der Waals surface area contributed by atoms with Gasteiger partial charge in [0, 0.05) is 11.1 Å². The second-order valence-electron chi connectivity index (χ2n) is 4.39. The maximum absolute atomic E-state index is 12.5. The van der Waals surface area contributed by atoms with Gasteiger partial charge in [-0.15, -0.1) is 0 Å². The molecule has 0 radical (unpaired) electrons. The standard InChI is InChI=1S/C17H16O2/c1-12(2)15-9-4-5-10-16(15)17(18)13-7-6-8-14(11-13)19-3/h4-11H,1H2,2-3H3. The van der Waals surface area contributed by atoms with Gasteiger partial charge < -0.3 is 4.74 Å². The zero-order valence-electron chi connectivity index (χ0n) is 11.1. The summed E-state index contributed by atoms with van der Waals surface area (Å²) >= 11 is 0. The normalized spacial score (nSPS) is 10.0. The third kappa shape index (κ3) is 2.74. The summed E-state index contributed by atoms with van der Waals surface area (Å²) in [6.07, 6.45) is 0. The van der Waals surface area contributed by atoms with Gasteiger partial charge in [-0.3, -0.25) is 4.79 Å². The molecule has 0 unspecified atom stereocenters. The van der Waals surface area contributed by atoms with Gasteiger partial charge in [0.05, 0.1) is 7.11 Å². The SMILES string of the molecule is C=C(C)c1ccccc1C(=O)c1cccc(OC)c1. The van der Waals surface area contributed by atoms with Gasteiger partial charge in [0.25, 0.3) is 0 Å². The van der Waals surface area contributed by atoms with Crippen molar-refractivity contribution in [2.45, 2.75) is 6.92 Å². The first-order valence-corrected chi connectivity index (χ1v) is 6.07. The number of ketones is 1. The van der Waals surface area contributed by atoms with Crippen LogP contribution in [-0.2, 0) is 0 Å². The van der Waals surface area contributed by atoms with Crippen molar-refractivity contribution in [1.82, 2.24) is 0 Å². The third-order valence-corrected chi connectivity index (χ3v) is 2.96. The van der Waals surface area contributed by atoms with Crippen molar-refractivity contribution in [3.63, 3.8) is 0 Å². The lowest BCUT2D eigenvalue weighted by Gasteiger charge is -2.09. The molecule has 0 aliphatic heterocycles. The van der Waals surface area contributed by atoms with Crippen LogP contribution >= 0.6 is 0 Å². The largest absolute Gasteiger partial charge is 0.497 e. The molecule has 0 aliphatic carbocycles. The molecule has 0 saturated carbocycles. The van der Waals surface area contributed by atoms with E-state index in [1.54, 1.807) is 19.2 Å². The van der Waals surface area contributed by atoms with E-state index in [0.717, 1.165) is 11.1 Å². The summed E-state index contributed by atoms with van der Waals surface area (Å²) in [7, 11) is 1.59.